The van der Waals surface area contributed by atoms with Gasteiger partial charge in [-0.3, -0.25) is 0 Å². The molecule has 0 amide bonds. The zero-order valence-corrected chi connectivity index (χ0v) is 12.2. The summed E-state index contributed by atoms with van der Waals surface area (Å²) >= 11 is 3.18. The van der Waals surface area contributed by atoms with Crippen molar-refractivity contribution in [2.45, 2.75) is 22.2 Å². The highest BCUT2D eigenvalue weighted by atomic mass is 32.2. The van der Waals surface area contributed by atoms with E-state index >= 15 is 0 Å². The fraction of sp³-hybridized carbons (Fsp3) is 0.231. The van der Waals surface area contributed by atoms with Gasteiger partial charge in [0.2, 0.25) is 0 Å². The highest BCUT2D eigenvalue weighted by Crippen LogP contribution is 2.33. The molecule has 104 valence electrons. The van der Waals surface area contributed by atoms with E-state index in [1.165, 1.54) is 17.8 Å². The molecule has 1 aromatic heterocycles. The summed E-state index contributed by atoms with van der Waals surface area (Å²) in [5, 5.41) is 0. The third kappa shape index (κ3) is 2.74. The van der Waals surface area contributed by atoms with Gasteiger partial charge >= 0.3 is 0 Å². The first-order valence-corrected chi connectivity index (χ1v) is 8.22. The monoisotopic (exact) mass is 308 g/mol. The van der Waals surface area contributed by atoms with Crippen molar-refractivity contribution < 1.29 is 4.39 Å². The van der Waals surface area contributed by atoms with E-state index in [0.29, 0.717) is 22.3 Å². The van der Waals surface area contributed by atoms with Crippen LogP contribution in [0.1, 0.15) is 17.1 Å². The molecule has 0 spiro atoms. The fourth-order valence-electron chi connectivity index (χ4n) is 1.99. The van der Waals surface area contributed by atoms with Crippen molar-refractivity contribution >= 4 is 29.3 Å². The predicted molar refractivity (Wildman–Crippen MR) is 80.8 cm³/mol. The lowest BCUT2D eigenvalue weighted by Crippen LogP contribution is -2.13. The van der Waals surface area contributed by atoms with E-state index in [-0.39, 0.29) is 5.82 Å². The molecule has 0 saturated carbocycles. The summed E-state index contributed by atoms with van der Waals surface area (Å²) in [4.78, 5) is 9.54. The zero-order chi connectivity index (χ0) is 13.9. The first kappa shape index (κ1) is 13.7. The van der Waals surface area contributed by atoms with E-state index in [9.17, 15) is 4.39 Å². The molecular weight excluding hydrogens is 295 g/mol. The SMILES string of the molecule is NNc1nc(CSc2ccccc2F)nc2c1CSC2. The molecule has 1 aromatic carbocycles. The topological polar surface area (TPSA) is 63.8 Å². The number of anilines is 1. The molecule has 3 rings (SSSR count). The maximum Gasteiger partial charge on any atom is 0.148 e. The second kappa shape index (κ2) is 5.99. The second-order valence-corrected chi connectivity index (χ2v) is 6.27. The van der Waals surface area contributed by atoms with Gasteiger partial charge in [0, 0.05) is 22.0 Å². The number of nitrogens with two attached hydrogens (primary N) is 1. The van der Waals surface area contributed by atoms with E-state index in [0.717, 1.165) is 22.8 Å². The average Bonchev–Trinajstić information content (AvgIpc) is 2.94. The molecule has 7 heteroatoms. The van der Waals surface area contributed by atoms with Gasteiger partial charge in [-0.1, -0.05) is 12.1 Å². The number of thioether (sulfide) groups is 2. The zero-order valence-electron chi connectivity index (χ0n) is 10.6. The fourth-order valence-corrected chi connectivity index (χ4v) is 3.83. The van der Waals surface area contributed by atoms with Crippen molar-refractivity contribution in [2.75, 3.05) is 5.43 Å². The Morgan fingerprint density at radius 1 is 1.30 bits per heavy atom. The number of halogens is 1. The molecule has 1 aliphatic heterocycles. The summed E-state index contributed by atoms with van der Waals surface area (Å²) in [5.41, 5.74) is 4.74. The number of nitrogens with one attached hydrogen (secondary N) is 1. The van der Waals surface area contributed by atoms with Crippen molar-refractivity contribution in [3.8, 4) is 0 Å². The number of rotatable bonds is 4. The standard InChI is InChI=1S/C13H13FN4S2/c14-9-3-1-2-4-11(9)20-7-12-16-10-6-19-5-8(10)13(17-12)18-15/h1-4H,5-7,15H2,(H,16,17,18). The summed E-state index contributed by atoms with van der Waals surface area (Å²) in [6.45, 7) is 0. The molecule has 0 saturated heterocycles. The Labute approximate surface area is 124 Å². The van der Waals surface area contributed by atoms with Crippen LogP contribution in [0.5, 0.6) is 0 Å². The Morgan fingerprint density at radius 3 is 2.95 bits per heavy atom. The van der Waals surface area contributed by atoms with Crippen molar-refractivity contribution in [3.63, 3.8) is 0 Å². The van der Waals surface area contributed by atoms with E-state index < -0.39 is 0 Å². The highest BCUT2D eigenvalue weighted by Gasteiger charge is 2.19. The van der Waals surface area contributed by atoms with Crippen molar-refractivity contribution in [2.24, 2.45) is 5.84 Å². The molecule has 0 radical (unpaired) electrons. The van der Waals surface area contributed by atoms with Crippen LogP contribution in [-0.4, -0.2) is 9.97 Å². The molecule has 0 atom stereocenters. The molecule has 1 aliphatic rings. The normalized spacial score (nSPS) is 13.3. The van der Waals surface area contributed by atoms with Crippen LogP contribution in [0.2, 0.25) is 0 Å². The third-order valence-corrected chi connectivity index (χ3v) is 4.97. The number of hydrazine groups is 1. The molecular formula is C13H13FN4S2. The summed E-state index contributed by atoms with van der Waals surface area (Å²) in [6, 6.07) is 6.71. The minimum absolute atomic E-state index is 0.216. The quantitative estimate of drug-likeness (QED) is 0.514. The Kier molecular flexibility index (Phi) is 4.09. The van der Waals surface area contributed by atoms with Gasteiger partial charge < -0.3 is 5.43 Å². The maximum atomic E-state index is 13.6. The van der Waals surface area contributed by atoms with Crippen LogP contribution in [0.15, 0.2) is 29.2 Å². The lowest BCUT2D eigenvalue weighted by molar-refractivity contribution is 0.602. The second-order valence-electron chi connectivity index (χ2n) is 4.27. The van der Waals surface area contributed by atoms with Gasteiger partial charge in [0.1, 0.15) is 17.5 Å². The van der Waals surface area contributed by atoms with E-state index in [4.69, 9.17) is 5.84 Å². The number of hydrogen-bond donors (Lipinski definition) is 2. The Morgan fingerprint density at radius 2 is 2.15 bits per heavy atom. The van der Waals surface area contributed by atoms with Crippen LogP contribution >= 0.6 is 23.5 Å². The number of aromatic nitrogens is 2. The number of benzene rings is 1. The predicted octanol–water partition coefficient (Wildman–Crippen LogP) is 2.94. The first-order valence-electron chi connectivity index (χ1n) is 6.08. The van der Waals surface area contributed by atoms with Crippen LogP contribution in [0.25, 0.3) is 0 Å². The van der Waals surface area contributed by atoms with Gasteiger partial charge in [0.05, 0.1) is 11.4 Å². The molecule has 4 nitrogen and oxygen atoms in total. The van der Waals surface area contributed by atoms with Crippen molar-refractivity contribution in [3.05, 3.63) is 47.2 Å². The summed E-state index contributed by atoms with van der Waals surface area (Å²) in [7, 11) is 0. The summed E-state index contributed by atoms with van der Waals surface area (Å²) in [6.07, 6.45) is 0. The van der Waals surface area contributed by atoms with Gasteiger partial charge in [-0.05, 0) is 12.1 Å². The molecule has 0 aliphatic carbocycles. The smallest absolute Gasteiger partial charge is 0.148 e. The molecule has 0 fully saturated rings. The van der Waals surface area contributed by atoms with Crippen LogP contribution in [0.4, 0.5) is 10.2 Å². The van der Waals surface area contributed by atoms with Crippen molar-refractivity contribution in [1.29, 1.82) is 0 Å². The van der Waals surface area contributed by atoms with Crippen LogP contribution in [-0.2, 0) is 17.3 Å². The van der Waals surface area contributed by atoms with Crippen LogP contribution < -0.4 is 11.3 Å². The average molecular weight is 308 g/mol. The number of nitrogen functional groups attached to an aromatic ring is 1. The number of hydrogen-bond acceptors (Lipinski definition) is 6. The molecule has 20 heavy (non-hydrogen) atoms. The molecule has 2 heterocycles. The lowest BCUT2D eigenvalue weighted by atomic mass is 10.2. The molecule has 0 bridgehead atoms. The van der Waals surface area contributed by atoms with E-state index in [2.05, 4.69) is 15.4 Å². The van der Waals surface area contributed by atoms with Gasteiger partial charge in [0.15, 0.2) is 0 Å². The lowest BCUT2D eigenvalue weighted by Gasteiger charge is -2.08. The minimum Gasteiger partial charge on any atom is -0.308 e. The minimum atomic E-state index is -0.216. The van der Waals surface area contributed by atoms with Crippen LogP contribution in [0.3, 0.4) is 0 Å². The highest BCUT2D eigenvalue weighted by molar-refractivity contribution is 7.98. The van der Waals surface area contributed by atoms with Crippen molar-refractivity contribution in [1.82, 2.24) is 9.97 Å². The summed E-state index contributed by atoms with van der Waals surface area (Å²) < 4.78 is 13.6. The Bertz CT molecular complexity index is 636. The molecule has 0 unspecified atom stereocenters. The van der Waals surface area contributed by atoms with Gasteiger partial charge in [0.25, 0.3) is 0 Å². The largest absolute Gasteiger partial charge is 0.308 e. The Hall–Kier alpha value is -1.31. The number of fused-ring (bicyclic) bond motifs is 1. The Balaban J connectivity index is 1.80. The summed E-state index contributed by atoms with van der Waals surface area (Å²) in [5.74, 6) is 8.93. The van der Waals surface area contributed by atoms with Crippen LogP contribution in [0, 0.1) is 5.82 Å². The van der Waals surface area contributed by atoms with Gasteiger partial charge in [-0.2, -0.15) is 11.8 Å². The van der Waals surface area contributed by atoms with Gasteiger partial charge in [-0.25, -0.2) is 20.2 Å². The van der Waals surface area contributed by atoms with E-state index in [1.807, 2.05) is 6.07 Å². The number of nitrogens with zero attached hydrogens (tertiary/aromatic N) is 2. The third-order valence-electron chi connectivity index (χ3n) is 2.95. The van der Waals surface area contributed by atoms with Gasteiger partial charge in [-0.15, -0.1) is 11.8 Å². The molecule has 3 N–H and O–H groups in total. The van der Waals surface area contributed by atoms with E-state index in [1.54, 1.807) is 23.9 Å². The maximum absolute atomic E-state index is 13.6. The molecule has 2 aromatic rings. The first-order chi connectivity index (χ1) is 9.78.